The summed E-state index contributed by atoms with van der Waals surface area (Å²) in [5.74, 6) is 0.539. The average Bonchev–Trinajstić information content (AvgIpc) is 3.24. The van der Waals surface area contributed by atoms with Gasteiger partial charge in [-0.3, -0.25) is 14.5 Å². The predicted octanol–water partition coefficient (Wildman–Crippen LogP) is 4.77. The maximum atomic E-state index is 13.5. The van der Waals surface area contributed by atoms with Gasteiger partial charge in [-0.1, -0.05) is 24.3 Å². The first-order chi connectivity index (χ1) is 19.0. The molecule has 0 aliphatic carbocycles. The van der Waals surface area contributed by atoms with Crippen molar-refractivity contribution in [1.82, 2.24) is 9.80 Å². The molecule has 1 unspecified atom stereocenters. The van der Waals surface area contributed by atoms with E-state index >= 15 is 0 Å². The molecule has 1 atom stereocenters. The first-order valence-corrected chi connectivity index (χ1v) is 13.2. The van der Waals surface area contributed by atoms with Gasteiger partial charge in [-0.05, 0) is 62.4 Å². The van der Waals surface area contributed by atoms with Crippen LogP contribution >= 0.6 is 0 Å². The van der Waals surface area contributed by atoms with Crippen LogP contribution in [0.25, 0.3) is 0 Å². The van der Waals surface area contributed by atoms with Gasteiger partial charge in [0, 0.05) is 54.2 Å². The van der Waals surface area contributed by atoms with Crippen molar-refractivity contribution in [3.63, 3.8) is 0 Å². The number of fused-ring (bicyclic) bond motifs is 1. The number of hydrogen-bond donors (Lipinski definition) is 1. The fraction of sp³-hybridized carbons (Fsp3) is 0.300. The minimum Gasteiger partial charge on any atom is -0.494 e. The number of nitrogens with one attached hydrogen (secondary N) is 1. The fourth-order valence-electron chi connectivity index (χ4n) is 4.98. The number of benzene rings is 3. The molecule has 0 saturated carbocycles. The molecule has 2 heterocycles. The van der Waals surface area contributed by atoms with Crippen molar-refractivity contribution in [1.29, 1.82) is 0 Å². The van der Waals surface area contributed by atoms with Crippen LogP contribution in [0.1, 0.15) is 46.3 Å². The molecule has 2 aliphatic rings. The van der Waals surface area contributed by atoms with Crippen molar-refractivity contribution in [2.24, 2.45) is 0 Å². The molecule has 3 aromatic rings. The number of nitrogens with zero attached hydrogens (tertiary/aromatic N) is 3. The van der Waals surface area contributed by atoms with Gasteiger partial charge in [0.2, 0.25) is 0 Å². The van der Waals surface area contributed by atoms with E-state index in [-0.39, 0.29) is 17.9 Å². The molecular formula is C30H32N4O5. The fourth-order valence-corrected chi connectivity index (χ4v) is 4.98. The van der Waals surface area contributed by atoms with Gasteiger partial charge >= 0.3 is 6.09 Å². The lowest BCUT2D eigenvalue weighted by molar-refractivity contribution is 0.0570. The van der Waals surface area contributed by atoms with Gasteiger partial charge in [0.1, 0.15) is 11.9 Å². The largest absolute Gasteiger partial charge is 0.494 e. The summed E-state index contributed by atoms with van der Waals surface area (Å²) < 4.78 is 10.6. The molecule has 0 spiro atoms. The monoisotopic (exact) mass is 528 g/mol. The highest BCUT2D eigenvalue weighted by Gasteiger charge is 2.37. The Labute approximate surface area is 227 Å². The highest BCUT2D eigenvalue weighted by atomic mass is 16.6. The minimum atomic E-state index is -0.454. The Balaban J connectivity index is 1.35. The van der Waals surface area contributed by atoms with Crippen molar-refractivity contribution in [2.45, 2.75) is 20.0 Å². The third-order valence-electron chi connectivity index (χ3n) is 6.89. The first-order valence-electron chi connectivity index (χ1n) is 13.2. The molecule has 1 fully saturated rings. The third kappa shape index (κ3) is 5.38. The van der Waals surface area contributed by atoms with Gasteiger partial charge in [0.15, 0.2) is 0 Å². The predicted molar refractivity (Wildman–Crippen MR) is 148 cm³/mol. The summed E-state index contributed by atoms with van der Waals surface area (Å²) in [6, 6.07) is 22.3. The standard InChI is InChI=1S/C30H32N4O5/c1-3-38-24-14-12-23(13-15-24)34-27(25-10-5-6-11-26(25)29(34)36)31-22-9-7-8-21(20-22)28(35)32-16-18-33(19-17-32)30(37)39-4-2/h5-15,20,27,31H,3-4,16-19H2,1-2H3. The Morgan fingerprint density at radius 3 is 2.31 bits per heavy atom. The topological polar surface area (TPSA) is 91.4 Å². The van der Waals surface area contributed by atoms with E-state index in [2.05, 4.69) is 5.32 Å². The maximum Gasteiger partial charge on any atom is 0.409 e. The van der Waals surface area contributed by atoms with E-state index < -0.39 is 6.17 Å². The van der Waals surface area contributed by atoms with Crippen molar-refractivity contribution in [3.8, 4) is 5.75 Å². The zero-order chi connectivity index (χ0) is 27.4. The van der Waals surface area contributed by atoms with E-state index in [0.29, 0.717) is 50.5 Å². The van der Waals surface area contributed by atoms with Crippen LogP contribution in [0.4, 0.5) is 16.2 Å². The van der Waals surface area contributed by atoms with Crippen LogP contribution in [0.3, 0.4) is 0 Å². The van der Waals surface area contributed by atoms with Gasteiger partial charge in [0.05, 0.1) is 13.2 Å². The second-order valence-corrected chi connectivity index (χ2v) is 9.30. The number of rotatable bonds is 7. The lowest BCUT2D eigenvalue weighted by Crippen LogP contribution is -2.50. The van der Waals surface area contributed by atoms with Crippen LogP contribution in [-0.2, 0) is 4.74 Å². The van der Waals surface area contributed by atoms with Crippen LogP contribution < -0.4 is 15.0 Å². The van der Waals surface area contributed by atoms with Gasteiger partial charge in [-0.2, -0.15) is 0 Å². The van der Waals surface area contributed by atoms with Crippen LogP contribution in [0.15, 0.2) is 72.8 Å². The minimum absolute atomic E-state index is 0.0982. The molecular weight excluding hydrogens is 496 g/mol. The van der Waals surface area contributed by atoms with Crippen molar-refractivity contribution in [2.75, 3.05) is 49.6 Å². The SMILES string of the molecule is CCOC(=O)N1CCN(C(=O)c2cccc(NC3c4ccccc4C(=O)N3c3ccc(OCC)cc3)c2)CC1. The van der Waals surface area contributed by atoms with Crippen LogP contribution in [0.5, 0.6) is 5.75 Å². The number of amides is 3. The molecule has 3 aromatic carbocycles. The molecule has 3 amide bonds. The summed E-state index contributed by atoms with van der Waals surface area (Å²) in [4.78, 5) is 43.9. The van der Waals surface area contributed by atoms with Gasteiger partial charge in [-0.15, -0.1) is 0 Å². The van der Waals surface area contributed by atoms with E-state index in [4.69, 9.17) is 9.47 Å². The quantitative estimate of drug-likeness (QED) is 0.475. The molecule has 5 rings (SSSR count). The second-order valence-electron chi connectivity index (χ2n) is 9.30. The molecule has 39 heavy (non-hydrogen) atoms. The Morgan fingerprint density at radius 1 is 0.872 bits per heavy atom. The van der Waals surface area contributed by atoms with E-state index in [1.807, 2.05) is 73.7 Å². The smallest absolute Gasteiger partial charge is 0.409 e. The maximum absolute atomic E-state index is 13.5. The van der Waals surface area contributed by atoms with E-state index in [9.17, 15) is 14.4 Å². The Kier molecular flexibility index (Phi) is 7.67. The number of carbonyl (C=O) groups excluding carboxylic acids is 3. The number of carbonyl (C=O) groups is 3. The molecule has 0 radical (unpaired) electrons. The molecule has 1 saturated heterocycles. The van der Waals surface area contributed by atoms with Crippen LogP contribution in [-0.4, -0.2) is 67.1 Å². The van der Waals surface area contributed by atoms with Crippen molar-refractivity contribution >= 4 is 29.3 Å². The Hall–Kier alpha value is -4.53. The zero-order valence-electron chi connectivity index (χ0n) is 22.1. The molecule has 0 aromatic heterocycles. The Morgan fingerprint density at radius 2 is 1.59 bits per heavy atom. The summed E-state index contributed by atoms with van der Waals surface area (Å²) in [6.07, 6.45) is -0.801. The summed E-state index contributed by atoms with van der Waals surface area (Å²) >= 11 is 0. The Bertz CT molecular complexity index is 1350. The molecule has 9 nitrogen and oxygen atoms in total. The number of hydrogen-bond acceptors (Lipinski definition) is 6. The lowest BCUT2D eigenvalue weighted by atomic mass is 10.1. The third-order valence-corrected chi connectivity index (χ3v) is 6.89. The first kappa shape index (κ1) is 26.1. The van der Waals surface area contributed by atoms with Gasteiger partial charge in [-0.25, -0.2) is 4.79 Å². The molecule has 202 valence electrons. The summed E-state index contributed by atoms with van der Waals surface area (Å²) in [5, 5.41) is 3.48. The normalized spacial score (nSPS) is 16.6. The van der Waals surface area contributed by atoms with Gasteiger partial charge in [0.25, 0.3) is 11.8 Å². The summed E-state index contributed by atoms with van der Waals surface area (Å²) in [5.41, 5.74) is 3.49. The van der Waals surface area contributed by atoms with E-state index in [1.165, 1.54) is 0 Å². The summed E-state index contributed by atoms with van der Waals surface area (Å²) in [7, 11) is 0. The molecule has 2 aliphatic heterocycles. The summed E-state index contributed by atoms with van der Waals surface area (Å²) in [6.45, 7) is 6.32. The lowest BCUT2D eigenvalue weighted by Gasteiger charge is -2.34. The second kappa shape index (κ2) is 11.5. The molecule has 1 N–H and O–H groups in total. The zero-order valence-corrected chi connectivity index (χ0v) is 22.1. The van der Waals surface area contributed by atoms with Crippen LogP contribution in [0.2, 0.25) is 0 Å². The average molecular weight is 529 g/mol. The highest BCUT2D eigenvalue weighted by molar-refractivity contribution is 6.11. The molecule has 9 heteroatoms. The van der Waals surface area contributed by atoms with Crippen molar-refractivity contribution < 1.29 is 23.9 Å². The highest BCUT2D eigenvalue weighted by Crippen LogP contribution is 2.38. The number of anilines is 2. The van der Waals surface area contributed by atoms with Gasteiger partial charge < -0.3 is 24.6 Å². The van der Waals surface area contributed by atoms with E-state index in [1.54, 1.807) is 27.7 Å². The van der Waals surface area contributed by atoms with Crippen molar-refractivity contribution in [3.05, 3.63) is 89.5 Å². The van der Waals surface area contributed by atoms with Crippen LogP contribution in [0, 0.1) is 0 Å². The number of ether oxygens (including phenoxy) is 2. The molecule has 0 bridgehead atoms. The number of piperazine rings is 1. The van der Waals surface area contributed by atoms with E-state index in [0.717, 1.165) is 22.7 Å².